The van der Waals surface area contributed by atoms with Crippen LogP contribution in [0.15, 0.2) is 34.8 Å². The van der Waals surface area contributed by atoms with Gasteiger partial charge < -0.3 is 14.6 Å². The van der Waals surface area contributed by atoms with Crippen molar-refractivity contribution in [1.29, 1.82) is 0 Å². The van der Waals surface area contributed by atoms with Crippen LogP contribution < -0.4 is 9.47 Å². The molecule has 0 saturated carbocycles. The van der Waals surface area contributed by atoms with Gasteiger partial charge in [-0.25, -0.2) is 4.39 Å². The Balaban J connectivity index is 2.52. The molecule has 0 aromatic heterocycles. The summed E-state index contributed by atoms with van der Waals surface area (Å²) in [6.45, 7) is 1.91. The normalized spacial score (nSPS) is 12.1. The van der Waals surface area contributed by atoms with Gasteiger partial charge in [0.25, 0.3) is 0 Å². The van der Waals surface area contributed by atoms with Crippen molar-refractivity contribution in [3.63, 3.8) is 0 Å². The van der Waals surface area contributed by atoms with E-state index in [1.807, 2.05) is 25.1 Å². The van der Waals surface area contributed by atoms with Crippen molar-refractivity contribution in [3.8, 4) is 11.5 Å². The maximum absolute atomic E-state index is 14.2. The summed E-state index contributed by atoms with van der Waals surface area (Å²) in [5.41, 5.74) is 1.72. The van der Waals surface area contributed by atoms with Gasteiger partial charge in [-0.15, -0.1) is 0 Å². The number of hydrogen-bond donors (Lipinski definition) is 1. The third-order valence-electron chi connectivity index (χ3n) is 3.24. The second kappa shape index (κ2) is 6.45. The molecule has 0 aliphatic heterocycles. The van der Waals surface area contributed by atoms with E-state index in [1.165, 1.54) is 26.4 Å². The number of hydrogen-bond acceptors (Lipinski definition) is 3. The van der Waals surface area contributed by atoms with Crippen LogP contribution in [0.4, 0.5) is 4.39 Å². The number of benzene rings is 2. The van der Waals surface area contributed by atoms with E-state index in [9.17, 15) is 9.50 Å². The van der Waals surface area contributed by atoms with E-state index >= 15 is 0 Å². The molecule has 3 nitrogen and oxygen atoms in total. The van der Waals surface area contributed by atoms with Gasteiger partial charge in [0.05, 0.1) is 14.2 Å². The second-order valence-electron chi connectivity index (χ2n) is 4.66. The Kier molecular flexibility index (Phi) is 4.85. The van der Waals surface area contributed by atoms with E-state index in [4.69, 9.17) is 9.47 Å². The van der Waals surface area contributed by atoms with Crippen molar-refractivity contribution in [2.75, 3.05) is 14.2 Å². The third kappa shape index (κ3) is 3.19. The Morgan fingerprint density at radius 1 is 1.05 bits per heavy atom. The highest BCUT2D eigenvalue weighted by Gasteiger charge is 2.21. The highest BCUT2D eigenvalue weighted by atomic mass is 79.9. The van der Waals surface area contributed by atoms with Crippen molar-refractivity contribution < 1.29 is 19.0 Å². The average Bonchev–Trinajstić information content (AvgIpc) is 2.48. The van der Waals surface area contributed by atoms with E-state index in [0.29, 0.717) is 11.3 Å². The molecule has 2 aromatic carbocycles. The molecule has 0 bridgehead atoms. The summed E-state index contributed by atoms with van der Waals surface area (Å²) in [4.78, 5) is 0. The monoisotopic (exact) mass is 354 g/mol. The predicted octanol–water partition coefficient (Wildman–Crippen LogP) is 4.00. The molecule has 5 heteroatoms. The Bertz CT molecular complexity index is 658. The highest BCUT2D eigenvalue weighted by Crippen LogP contribution is 2.36. The fourth-order valence-electron chi connectivity index (χ4n) is 2.12. The van der Waals surface area contributed by atoms with Crippen LogP contribution in [-0.2, 0) is 0 Å². The van der Waals surface area contributed by atoms with Crippen LogP contribution in [0.3, 0.4) is 0 Å². The molecule has 0 saturated heterocycles. The van der Waals surface area contributed by atoms with Gasteiger partial charge in [-0.3, -0.25) is 0 Å². The first-order chi connectivity index (χ1) is 9.97. The zero-order valence-corrected chi connectivity index (χ0v) is 13.6. The lowest BCUT2D eigenvalue weighted by Crippen LogP contribution is -2.05. The van der Waals surface area contributed by atoms with Gasteiger partial charge in [-0.1, -0.05) is 33.6 Å². The molecular weight excluding hydrogens is 339 g/mol. The Morgan fingerprint density at radius 3 is 2.29 bits per heavy atom. The minimum Gasteiger partial charge on any atom is -0.493 e. The topological polar surface area (TPSA) is 38.7 Å². The van der Waals surface area contributed by atoms with E-state index in [2.05, 4.69) is 15.9 Å². The maximum atomic E-state index is 14.2. The minimum absolute atomic E-state index is 0.138. The first kappa shape index (κ1) is 15.8. The molecule has 0 radical (unpaired) electrons. The van der Waals surface area contributed by atoms with Crippen molar-refractivity contribution in [1.82, 2.24) is 0 Å². The predicted molar refractivity (Wildman–Crippen MR) is 82.4 cm³/mol. The number of aliphatic hydroxyl groups is 1. The summed E-state index contributed by atoms with van der Waals surface area (Å²) in [5.74, 6) is 0.111. The molecule has 2 aromatic rings. The SMILES string of the molecule is COc1cc(F)c(C(O)c2cc(C)ccc2Br)cc1OC. The number of halogens is 2. The summed E-state index contributed by atoms with van der Waals surface area (Å²) in [7, 11) is 2.90. The van der Waals surface area contributed by atoms with Crippen LogP contribution in [-0.4, -0.2) is 19.3 Å². The first-order valence-electron chi connectivity index (χ1n) is 6.33. The lowest BCUT2D eigenvalue weighted by molar-refractivity contribution is 0.213. The average molecular weight is 355 g/mol. The Hall–Kier alpha value is -1.59. The van der Waals surface area contributed by atoms with Gasteiger partial charge in [-0.05, 0) is 24.6 Å². The van der Waals surface area contributed by atoms with E-state index in [0.717, 1.165) is 10.0 Å². The lowest BCUT2D eigenvalue weighted by atomic mass is 9.99. The molecule has 1 atom stereocenters. The van der Waals surface area contributed by atoms with E-state index < -0.39 is 11.9 Å². The van der Waals surface area contributed by atoms with Crippen LogP contribution in [0.2, 0.25) is 0 Å². The molecule has 0 spiro atoms. The zero-order chi connectivity index (χ0) is 15.6. The van der Waals surface area contributed by atoms with Crippen molar-refractivity contribution in [3.05, 3.63) is 57.3 Å². The molecule has 2 rings (SSSR count). The number of methoxy groups -OCH3 is 2. The first-order valence-corrected chi connectivity index (χ1v) is 7.12. The summed E-state index contributed by atoms with van der Waals surface area (Å²) in [5, 5.41) is 10.5. The second-order valence-corrected chi connectivity index (χ2v) is 5.51. The van der Waals surface area contributed by atoms with E-state index in [1.54, 1.807) is 0 Å². The summed E-state index contributed by atoms with van der Waals surface area (Å²) < 4.78 is 25.1. The fraction of sp³-hybridized carbons (Fsp3) is 0.250. The van der Waals surface area contributed by atoms with Gasteiger partial charge in [0, 0.05) is 16.1 Å². The molecular formula is C16H16BrFO3. The highest BCUT2D eigenvalue weighted by molar-refractivity contribution is 9.10. The van der Waals surface area contributed by atoms with Gasteiger partial charge in [-0.2, -0.15) is 0 Å². The molecule has 0 aliphatic carbocycles. The summed E-state index contributed by atoms with van der Waals surface area (Å²) >= 11 is 3.38. The third-order valence-corrected chi connectivity index (χ3v) is 3.97. The number of aryl methyl sites for hydroxylation is 1. The molecule has 1 unspecified atom stereocenters. The van der Waals surface area contributed by atoms with Crippen LogP contribution in [0.5, 0.6) is 11.5 Å². The van der Waals surface area contributed by atoms with Crippen LogP contribution in [0, 0.1) is 12.7 Å². The molecule has 0 amide bonds. The van der Waals surface area contributed by atoms with Crippen molar-refractivity contribution >= 4 is 15.9 Å². The smallest absolute Gasteiger partial charge is 0.163 e. The van der Waals surface area contributed by atoms with Crippen LogP contribution in [0.25, 0.3) is 0 Å². The standard InChI is InChI=1S/C16H16BrFO3/c1-9-4-5-12(17)10(6-9)16(19)11-7-14(20-2)15(21-3)8-13(11)18/h4-8,16,19H,1-3H3. The molecule has 112 valence electrons. The minimum atomic E-state index is -1.10. The van der Waals surface area contributed by atoms with Crippen LogP contribution in [0.1, 0.15) is 22.8 Å². The molecule has 1 N–H and O–H groups in total. The number of aliphatic hydroxyl groups excluding tert-OH is 1. The molecule has 0 aliphatic rings. The van der Waals surface area contributed by atoms with Crippen molar-refractivity contribution in [2.24, 2.45) is 0 Å². The fourth-order valence-corrected chi connectivity index (χ4v) is 2.58. The molecule has 0 fully saturated rings. The lowest BCUT2D eigenvalue weighted by Gasteiger charge is -2.17. The van der Waals surface area contributed by atoms with Gasteiger partial charge >= 0.3 is 0 Å². The van der Waals surface area contributed by atoms with Gasteiger partial charge in [0.15, 0.2) is 11.5 Å². The summed E-state index contributed by atoms with van der Waals surface area (Å²) in [6.07, 6.45) is -1.10. The Labute approximate surface area is 131 Å². The van der Waals surface area contributed by atoms with Crippen LogP contribution >= 0.6 is 15.9 Å². The summed E-state index contributed by atoms with van der Waals surface area (Å²) in [6, 6.07) is 8.21. The number of ether oxygens (including phenoxy) is 2. The maximum Gasteiger partial charge on any atom is 0.163 e. The van der Waals surface area contributed by atoms with Crippen molar-refractivity contribution in [2.45, 2.75) is 13.0 Å². The molecule has 0 heterocycles. The van der Waals surface area contributed by atoms with Gasteiger partial charge in [0.1, 0.15) is 11.9 Å². The molecule has 21 heavy (non-hydrogen) atoms. The Morgan fingerprint density at radius 2 is 1.67 bits per heavy atom. The van der Waals surface area contributed by atoms with E-state index in [-0.39, 0.29) is 11.3 Å². The largest absolute Gasteiger partial charge is 0.493 e. The van der Waals surface area contributed by atoms with Gasteiger partial charge in [0.2, 0.25) is 0 Å². The zero-order valence-electron chi connectivity index (χ0n) is 12.0. The quantitative estimate of drug-likeness (QED) is 0.901. The number of rotatable bonds is 4.